The maximum atomic E-state index is 10.9. The average Bonchev–Trinajstić information content (AvgIpc) is 2.71. The summed E-state index contributed by atoms with van der Waals surface area (Å²) in [6.07, 6.45) is 0. The maximum Gasteiger partial charge on any atom is 0.414 e. The summed E-state index contributed by atoms with van der Waals surface area (Å²) in [6, 6.07) is 13.4. The lowest BCUT2D eigenvalue weighted by atomic mass is 10.1. The molecule has 3 rings (SSSR count). The first-order valence-corrected chi connectivity index (χ1v) is 9.42. The first kappa shape index (κ1) is 22.8. The van der Waals surface area contributed by atoms with Crippen molar-refractivity contribution in [1.29, 1.82) is 0 Å². The molecule has 1 aliphatic rings. The molecule has 0 atom stereocenters. The average molecular weight is 415 g/mol. The molecule has 2 aromatic carbocycles. The zero-order chi connectivity index (χ0) is 22.3. The number of nitrogens with zero attached hydrogens (tertiary/aromatic N) is 3. The van der Waals surface area contributed by atoms with Gasteiger partial charge in [0, 0.05) is 50.5 Å². The van der Waals surface area contributed by atoms with Gasteiger partial charge in [-0.05, 0) is 36.6 Å². The first-order chi connectivity index (χ1) is 14.2. The third-order valence-electron chi connectivity index (χ3n) is 5.00. The minimum atomic E-state index is -1.82. The van der Waals surface area contributed by atoms with E-state index in [0.717, 1.165) is 38.3 Å². The number of rotatable bonds is 4. The van der Waals surface area contributed by atoms with Crippen molar-refractivity contribution >= 4 is 23.3 Å². The molecule has 9 nitrogen and oxygen atoms in total. The van der Waals surface area contributed by atoms with Crippen LogP contribution in [0, 0.1) is 24.0 Å². The Labute approximate surface area is 174 Å². The summed E-state index contributed by atoms with van der Waals surface area (Å²) < 4.78 is 0. The molecule has 0 aromatic heterocycles. The van der Waals surface area contributed by atoms with Crippen LogP contribution in [0.15, 0.2) is 42.5 Å². The largest absolute Gasteiger partial charge is 0.473 e. The van der Waals surface area contributed by atoms with E-state index in [1.165, 1.54) is 16.8 Å². The monoisotopic (exact) mass is 415 g/mol. The number of non-ortho nitro benzene ring substituents is 1. The molecule has 2 aromatic rings. The van der Waals surface area contributed by atoms with Crippen LogP contribution in [0.2, 0.25) is 0 Å². The van der Waals surface area contributed by atoms with Crippen LogP contribution < -0.4 is 4.90 Å². The molecule has 0 bridgehead atoms. The van der Waals surface area contributed by atoms with Crippen LogP contribution in [0.5, 0.6) is 0 Å². The Bertz CT molecular complexity index is 911. The van der Waals surface area contributed by atoms with Crippen LogP contribution in [0.4, 0.5) is 11.4 Å². The van der Waals surface area contributed by atoms with Crippen LogP contribution >= 0.6 is 0 Å². The summed E-state index contributed by atoms with van der Waals surface area (Å²) >= 11 is 0. The van der Waals surface area contributed by atoms with Gasteiger partial charge in [-0.2, -0.15) is 0 Å². The first-order valence-electron chi connectivity index (χ1n) is 9.42. The van der Waals surface area contributed by atoms with Crippen molar-refractivity contribution in [2.45, 2.75) is 20.4 Å². The van der Waals surface area contributed by atoms with Crippen molar-refractivity contribution in [1.82, 2.24) is 4.90 Å². The molecular weight excluding hydrogens is 390 g/mol. The second kappa shape index (κ2) is 10.4. The van der Waals surface area contributed by atoms with Crippen LogP contribution in [-0.2, 0) is 16.1 Å². The molecule has 0 radical (unpaired) electrons. The van der Waals surface area contributed by atoms with E-state index in [9.17, 15) is 10.1 Å². The van der Waals surface area contributed by atoms with Crippen molar-refractivity contribution < 1.29 is 24.7 Å². The fourth-order valence-electron chi connectivity index (χ4n) is 3.25. The summed E-state index contributed by atoms with van der Waals surface area (Å²) in [4.78, 5) is 33.6. The quantitative estimate of drug-likeness (QED) is 0.444. The van der Waals surface area contributed by atoms with E-state index in [0.29, 0.717) is 0 Å². The van der Waals surface area contributed by atoms with Gasteiger partial charge >= 0.3 is 11.9 Å². The number of nitro groups is 1. The zero-order valence-electron chi connectivity index (χ0n) is 16.9. The second-order valence-electron chi connectivity index (χ2n) is 7.02. The molecule has 2 N–H and O–H groups in total. The van der Waals surface area contributed by atoms with Gasteiger partial charge < -0.3 is 15.1 Å². The Balaban J connectivity index is 0.000000469. The number of anilines is 1. The van der Waals surface area contributed by atoms with E-state index in [1.807, 2.05) is 6.07 Å². The molecule has 30 heavy (non-hydrogen) atoms. The smallest absolute Gasteiger partial charge is 0.414 e. The minimum Gasteiger partial charge on any atom is -0.473 e. The van der Waals surface area contributed by atoms with Crippen molar-refractivity contribution in [2.24, 2.45) is 0 Å². The number of aliphatic carboxylic acids is 2. The van der Waals surface area contributed by atoms with E-state index < -0.39 is 11.9 Å². The zero-order valence-corrected chi connectivity index (χ0v) is 16.9. The molecule has 1 saturated heterocycles. The SMILES string of the molecule is Cc1cccc(N2CCN(Cc3cccc([N+](=O)[O-])c3)CC2)c1C.O=C(O)C(=O)O. The standard InChI is InChI=1S/C19H23N3O2.C2H2O4/c1-15-5-3-8-19(16(15)2)21-11-9-20(10-12-21)14-17-6-4-7-18(13-17)22(23)24;3-1(4)2(5)6/h3-8,13H,9-12,14H2,1-2H3;(H,3,4)(H,5,6). The van der Waals surface area contributed by atoms with E-state index in [2.05, 4.69) is 41.8 Å². The topological polar surface area (TPSA) is 124 Å². The normalized spacial score (nSPS) is 13.9. The molecule has 0 unspecified atom stereocenters. The molecule has 0 aliphatic carbocycles. The van der Waals surface area contributed by atoms with E-state index in [1.54, 1.807) is 18.2 Å². The van der Waals surface area contributed by atoms with E-state index >= 15 is 0 Å². The van der Waals surface area contributed by atoms with Gasteiger partial charge in [0.05, 0.1) is 4.92 Å². The van der Waals surface area contributed by atoms with Gasteiger partial charge in [0.15, 0.2) is 0 Å². The molecule has 0 spiro atoms. The maximum absolute atomic E-state index is 10.9. The molecule has 1 fully saturated rings. The van der Waals surface area contributed by atoms with Gasteiger partial charge in [-0.3, -0.25) is 15.0 Å². The Hall–Kier alpha value is -3.46. The lowest BCUT2D eigenvalue weighted by molar-refractivity contribution is -0.384. The highest BCUT2D eigenvalue weighted by Gasteiger charge is 2.19. The highest BCUT2D eigenvalue weighted by Crippen LogP contribution is 2.24. The number of carboxylic acids is 2. The number of piperazine rings is 1. The predicted molar refractivity (Wildman–Crippen MR) is 112 cm³/mol. The lowest BCUT2D eigenvalue weighted by Crippen LogP contribution is -2.46. The fourth-order valence-corrected chi connectivity index (χ4v) is 3.25. The summed E-state index contributed by atoms with van der Waals surface area (Å²) in [5.74, 6) is -3.65. The molecule has 160 valence electrons. The van der Waals surface area contributed by atoms with Gasteiger partial charge in [0.1, 0.15) is 0 Å². The Morgan fingerprint density at radius 3 is 2.17 bits per heavy atom. The summed E-state index contributed by atoms with van der Waals surface area (Å²) in [5, 5.41) is 25.7. The number of benzene rings is 2. The summed E-state index contributed by atoms with van der Waals surface area (Å²) in [5.41, 5.74) is 5.17. The van der Waals surface area contributed by atoms with Crippen molar-refractivity contribution in [3.05, 3.63) is 69.3 Å². The third-order valence-corrected chi connectivity index (χ3v) is 5.00. The highest BCUT2D eigenvalue weighted by molar-refractivity contribution is 6.27. The Morgan fingerprint density at radius 1 is 1.00 bits per heavy atom. The van der Waals surface area contributed by atoms with Gasteiger partial charge in [-0.25, -0.2) is 9.59 Å². The number of carbonyl (C=O) groups is 2. The van der Waals surface area contributed by atoms with Gasteiger partial charge in [0.2, 0.25) is 0 Å². The highest BCUT2D eigenvalue weighted by atomic mass is 16.6. The van der Waals surface area contributed by atoms with Crippen LogP contribution in [0.25, 0.3) is 0 Å². The van der Waals surface area contributed by atoms with Gasteiger partial charge in [-0.1, -0.05) is 24.3 Å². The van der Waals surface area contributed by atoms with Crippen molar-refractivity contribution in [2.75, 3.05) is 31.1 Å². The minimum absolute atomic E-state index is 0.168. The number of carboxylic acid groups (broad SMARTS) is 2. The van der Waals surface area contributed by atoms with E-state index in [-0.39, 0.29) is 10.6 Å². The number of nitro benzene ring substituents is 1. The molecular formula is C21H25N3O6. The molecule has 9 heteroatoms. The summed E-state index contributed by atoms with van der Waals surface area (Å²) in [6.45, 7) is 9.00. The van der Waals surface area contributed by atoms with Gasteiger partial charge in [0.25, 0.3) is 5.69 Å². The van der Waals surface area contributed by atoms with Crippen LogP contribution in [0.3, 0.4) is 0 Å². The Kier molecular flexibility index (Phi) is 7.88. The van der Waals surface area contributed by atoms with Crippen LogP contribution in [0.1, 0.15) is 16.7 Å². The number of hydrogen-bond donors (Lipinski definition) is 2. The van der Waals surface area contributed by atoms with Crippen molar-refractivity contribution in [3.8, 4) is 0 Å². The van der Waals surface area contributed by atoms with Crippen LogP contribution in [-0.4, -0.2) is 58.2 Å². The molecule has 1 aliphatic heterocycles. The Morgan fingerprint density at radius 2 is 1.60 bits per heavy atom. The second-order valence-corrected chi connectivity index (χ2v) is 7.02. The molecule has 0 amide bonds. The third kappa shape index (κ3) is 6.28. The molecule has 0 saturated carbocycles. The molecule has 1 heterocycles. The lowest BCUT2D eigenvalue weighted by Gasteiger charge is -2.37. The van der Waals surface area contributed by atoms with Gasteiger partial charge in [-0.15, -0.1) is 0 Å². The summed E-state index contributed by atoms with van der Waals surface area (Å²) in [7, 11) is 0. The number of aryl methyl sites for hydroxylation is 1. The predicted octanol–water partition coefficient (Wildman–Crippen LogP) is 2.69. The number of hydrogen-bond acceptors (Lipinski definition) is 6. The van der Waals surface area contributed by atoms with E-state index in [4.69, 9.17) is 19.8 Å². The van der Waals surface area contributed by atoms with Crippen molar-refractivity contribution in [3.63, 3.8) is 0 Å². The fraction of sp³-hybridized carbons (Fsp3) is 0.333.